The van der Waals surface area contributed by atoms with Crippen molar-refractivity contribution in [1.29, 1.82) is 0 Å². The van der Waals surface area contributed by atoms with E-state index in [2.05, 4.69) is 16.4 Å². The molecule has 0 fully saturated rings. The Bertz CT molecular complexity index is 557. The fourth-order valence-corrected chi connectivity index (χ4v) is 1.25. The maximum Gasteiger partial charge on any atom is 0.217 e. The molecule has 1 aromatic carbocycles. The summed E-state index contributed by atoms with van der Waals surface area (Å²) < 4.78 is 0. The van der Waals surface area contributed by atoms with Gasteiger partial charge in [0.15, 0.2) is 12.0 Å². The minimum Gasteiger partial charge on any atom is -0.295 e. The van der Waals surface area contributed by atoms with Crippen molar-refractivity contribution >= 4 is 16.7 Å². The number of hydrogen-bond donors (Lipinski definition) is 1. The third-order valence-electron chi connectivity index (χ3n) is 2.00. The Labute approximate surface area is 79.6 Å². The third kappa shape index (κ3) is 1.31. The number of Topliss-reactive ketones (excluding diaryl/α,β-unsaturated/α-hetero) is 1. The molecule has 69 valence electrons. The number of hydrogen-bond acceptors (Lipinski definition) is 3. The molecule has 1 N–H and O–H groups in total. The zero-order valence-electron chi connectivity index (χ0n) is 7.50. The fraction of sp³-hybridized carbons (Fsp3) is 0.100. The molecule has 0 aliphatic heterocycles. The van der Waals surface area contributed by atoms with Crippen LogP contribution < -0.4 is 5.43 Å². The van der Waals surface area contributed by atoms with Gasteiger partial charge in [-0.25, -0.2) is 0 Å². The van der Waals surface area contributed by atoms with E-state index < -0.39 is 0 Å². The van der Waals surface area contributed by atoms with Crippen molar-refractivity contribution in [2.24, 2.45) is 0 Å². The first-order chi connectivity index (χ1) is 6.68. The van der Waals surface area contributed by atoms with Gasteiger partial charge < -0.3 is 0 Å². The van der Waals surface area contributed by atoms with Gasteiger partial charge in [0.05, 0.1) is 10.9 Å². The van der Waals surface area contributed by atoms with Crippen LogP contribution in [0.2, 0.25) is 0 Å². The molecule has 14 heavy (non-hydrogen) atoms. The Balaban J connectivity index is 2.83. The van der Waals surface area contributed by atoms with Crippen LogP contribution >= 0.6 is 0 Å². The predicted octanol–water partition coefficient (Wildman–Crippen LogP) is 0.926. The molecule has 0 saturated heterocycles. The first kappa shape index (κ1) is 8.62. The van der Waals surface area contributed by atoms with Crippen LogP contribution in [0.4, 0.5) is 0 Å². The van der Waals surface area contributed by atoms with E-state index in [0.29, 0.717) is 16.5 Å². The van der Waals surface area contributed by atoms with Crippen LogP contribution in [0.3, 0.4) is 0 Å². The molecule has 0 spiro atoms. The molecule has 0 aliphatic rings. The number of aromatic amines is 1. The van der Waals surface area contributed by atoms with E-state index in [-0.39, 0.29) is 11.2 Å². The third-order valence-corrected chi connectivity index (χ3v) is 2.00. The van der Waals surface area contributed by atoms with E-state index in [4.69, 9.17) is 0 Å². The van der Waals surface area contributed by atoms with Crippen LogP contribution in [-0.2, 0) is 0 Å². The van der Waals surface area contributed by atoms with Crippen molar-refractivity contribution in [3.8, 4) is 0 Å². The van der Waals surface area contributed by atoms with Gasteiger partial charge in [-0.1, -0.05) is 0 Å². The fourth-order valence-electron chi connectivity index (χ4n) is 1.25. The topological polar surface area (TPSA) is 62.8 Å². The Morgan fingerprint density at radius 1 is 1.50 bits per heavy atom. The van der Waals surface area contributed by atoms with Crippen LogP contribution in [0, 0.1) is 6.20 Å². The molecule has 0 saturated carbocycles. The Morgan fingerprint density at radius 3 is 3.00 bits per heavy atom. The quantitative estimate of drug-likeness (QED) is 0.675. The molecular weight excluding hydrogens is 180 g/mol. The molecule has 1 radical (unpaired) electrons. The van der Waals surface area contributed by atoms with Gasteiger partial charge in [0.25, 0.3) is 0 Å². The Hall–Kier alpha value is -1.97. The Morgan fingerprint density at radius 2 is 2.29 bits per heavy atom. The van der Waals surface area contributed by atoms with Crippen LogP contribution in [-0.4, -0.2) is 16.0 Å². The lowest BCUT2D eigenvalue weighted by Gasteiger charge is -1.97. The second-order valence-corrected chi connectivity index (χ2v) is 2.98. The molecule has 0 unspecified atom stereocenters. The van der Waals surface area contributed by atoms with Crippen molar-refractivity contribution in [3.63, 3.8) is 0 Å². The highest BCUT2D eigenvalue weighted by Gasteiger charge is 2.03. The van der Waals surface area contributed by atoms with Gasteiger partial charge in [0, 0.05) is 5.56 Å². The number of carbonyl (C=O) groups excluding carboxylic acids is 1. The number of fused-ring (bicyclic) bond motifs is 1. The van der Waals surface area contributed by atoms with Gasteiger partial charge in [-0.15, -0.1) is 0 Å². The van der Waals surface area contributed by atoms with Gasteiger partial charge in [-0.3, -0.25) is 14.7 Å². The zero-order chi connectivity index (χ0) is 10.1. The molecule has 1 aromatic heterocycles. The van der Waals surface area contributed by atoms with Crippen LogP contribution in [0.5, 0.6) is 0 Å². The first-order valence-electron chi connectivity index (χ1n) is 4.09. The summed E-state index contributed by atoms with van der Waals surface area (Å²) in [5, 5.41) is 6.62. The number of ketones is 1. The number of benzene rings is 1. The summed E-state index contributed by atoms with van der Waals surface area (Å²) in [7, 11) is 0. The smallest absolute Gasteiger partial charge is 0.217 e. The highest BCUT2D eigenvalue weighted by molar-refractivity contribution is 5.97. The highest BCUT2D eigenvalue weighted by atomic mass is 16.1. The summed E-state index contributed by atoms with van der Waals surface area (Å²) >= 11 is 0. The second-order valence-electron chi connectivity index (χ2n) is 2.98. The largest absolute Gasteiger partial charge is 0.295 e. The van der Waals surface area contributed by atoms with Gasteiger partial charge in [0.1, 0.15) is 0 Å². The summed E-state index contributed by atoms with van der Waals surface area (Å²) in [6, 6.07) is 4.87. The van der Waals surface area contributed by atoms with E-state index in [1.54, 1.807) is 18.2 Å². The van der Waals surface area contributed by atoms with E-state index in [1.165, 1.54) is 6.92 Å². The molecule has 1 heterocycles. The molecule has 2 rings (SSSR count). The number of aromatic nitrogens is 2. The monoisotopic (exact) mass is 187 g/mol. The average Bonchev–Trinajstić information content (AvgIpc) is 2.18. The molecular formula is C10H7N2O2. The maximum absolute atomic E-state index is 11.3. The lowest BCUT2D eigenvalue weighted by molar-refractivity contribution is 0.101. The SMILES string of the molecule is CC(=O)c1ccc2[nH]n[c]c(=O)c2c1. The normalized spacial score (nSPS) is 10.4. The summed E-state index contributed by atoms with van der Waals surface area (Å²) in [5.74, 6) is -0.0666. The van der Waals surface area contributed by atoms with Gasteiger partial charge in [-0.2, -0.15) is 5.10 Å². The lowest BCUT2D eigenvalue weighted by Crippen LogP contribution is -2.05. The summed E-state index contributed by atoms with van der Waals surface area (Å²) in [6.07, 6.45) is 2.27. The first-order valence-corrected chi connectivity index (χ1v) is 4.09. The maximum atomic E-state index is 11.3. The summed E-state index contributed by atoms with van der Waals surface area (Å²) in [4.78, 5) is 22.4. The standard InChI is InChI=1S/C10H7N2O2/c1-6(13)7-2-3-9-8(4-7)10(14)5-11-12-9/h2-4H,1H3,(H,12,14). The number of carbonyl (C=O) groups is 1. The number of nitrogens with zero attached hydrogens (tertiary/aromatic N) is 1. The number of H-pyrrole nitrogens is 1. The van der Waals surface area contributed by atoms with Gasteiger partial charge >= 0.3 is 0 Å². The molecule has 0 amide bonds. The Kier molecular flexibility index (Phi) is 1.89. The zero-order valence-corrected chi connectivity index (χ0v) is 7.50. The van der Waals surface area contributed by atoms with Gasteiger partial charge in [0.2, 0.25) is 5.43 Å². The van der Waals surface area contributed by atoms with Crippen LogP contribution in [0.1, 0.15) is 17.3 Å². The van der Waals surface area contributed by atoms with E-state index in [9.17, 15) is 9.59 Å². The van der Waals surface area contributed by atoms with E-state index in [1.807, 2.05) is 0 Å². The minimum absolute atomic E-state index is 0.0666. The lowest BCUT2D eigenvalue weighted by atomic mass is 10.1. The van der Waals surface area contributed by atoms with Crippen molar-refractivity contribution < 1.29 is 4.79 Å². The summed E-state index contributed by atoms with van der Waals surface area (Å²) in [5.41, 5.74) is 0.822. The van der Waals surface area contributed by atoms with E-state index in [0.717, 1.165) is 0 Å². The molecule has 0 bridgehead atoms. The van der Waals surface area contributed by atoms with Crippen LogP contribution in [0.25, 0.3) is 10.9 Å². The highest BCUT2D eigenvalue weighted by Crippen LogP contribution is 2.09. The second kappa shape index (κ2) is 3.06. The molecule has 4 nitrogen and oxygen atoms in total. The molecule has 0 aliphatic carbocycles. The average molecular weight is 187 g/mol. The minimum atomic E-state index is -0.304. The summed E-state index contributed by atoms with van der Waals surface area (Å²) in [6.45, 7) is 1.46. The van der Waals surface area contributed by atoms with Crippen LogP contribution in [0.15, 0.2) is 23.0 Å². The molecule has 0 atom stereocenters. The molecule has 2 aromatic rings. The van der Waals surface area contributed by atoms with Gasteiger partial charge in [-0.05, 0) is 25.1 Å². The van der Waals surface area contributed by atoms with Crippen molar-refractivity contribution in [1.82, 2.24) is 10.2 Å². The number of nitrogens with one attached hydrogen (secondary N) is 1. The molecule has 4 heteroatoms. The van der Waals surface area contributed by atoms with E-state index >= 15 is 0 Å². The predicted molar refractivity (Wildman–Crippen MR) is 51.2 cm³/mol. The van der Waals surface area contributed by atoms with Crippen molar-refractivity contribution in [2.75, 3.05) is 0 Å². The van der Waals surface area contributed by atoms with Crippen molar-refractivity contribution in [3.05, 3.63) is 40.2 Å². The van der Waals surface area contributed by atoms with Crippen molar-refractivity contribution in [2.45, 2.75) is 6.92 Å². The number of rotatable bonds is 1.